The maximum absolute atomic E-state index is 13.2. The maximum atomic E-state index is 13.2. The van der Waals surface area contributed by atoms with Gasteiger partial charge in [-0.3, -0.25) is 0 Å². The third-order valence-corrected chi connectivity index (χ3v) is 1.86. The van der Waals surface area contributed by atoms with Crippen molar-refractivity contribution >= 4 is 16.8 Å². The molecule has 1 rings (SSSR count). The van der Waals surface area contributed by atoms with Crippen molar-refractivity contribution in [1.82, 2.24) is 0 Å². The summed E-state index contributed by atoms with van der Waals surface area (Å²) in [5.41, 5.74) is -0.326. The predicted molar refractivity (Wildman–Crippen MR) is 47.1 cm³/mol. The SMILES string of the molecule is COc1ccc(C(Cl)=NO)c(F)c1F. The van der Waals surface area contributed by atoms with E-state index in [2.05, 4.69) is 9.89 Å². The first kappa shape index (κ1) is 10.7. The largest absolute Gasteiger partial charge is 0.494 e. The molecule has 0 radical (unpaired) electrons. The lowest BCUT2D eigenvalue weighted by Gasteiger charge is -2.04. The number of nitrogens with zero attached hydrogens (tertiary/aromatic N) is 1. The van der Waals surface area contributed by atoms with Gasteiger partial charge in [-0.25, -0.2) is 4.39 Å². The number of rotatable bonds is 2. The van der Waals surface area contributed by atoms with E-state index in [9.17, 15) is 8.78 Å². The highest BCUT2D eigenvalue weighted by atomic mass is 35.5. The van der Waals surface area contributed by atoms with Gasteiger partial charge < -0.3 is 9.94 Å². The summed E-state index contributed by atoms with van der Waals surface area (Å²) in [5, 5.41) is 10.3. The number of methoxy groups -OCH3 is 1. The summed E-state index contributed by atoms with van der Waals surface area (Å²) < 4.78 is 30.8. The molecule has 0 fully saturated rings. The Hall–Kier alpha value is -1.36. The Labute approximate surface area is 83.6 Å². The van der Waals surface area contributed by atoms with Crippen molar-refractivity contribution in [1.29, 1.82) is 0 Å². The minimum Gasteiger partial charge on any atom is -0.494 e. The van der Waals surface area contributed by atoms with Crippen LogP contribution in [-0.2, 0) is 0 Å². The molecular formula is C8H6ClF2NO2. The Morgan fingerprint density at radius 1 is 1.43 bits per heavy atom. The fraction of sp³-hybridized carbons (Fsp3) is 0.125. The molecule has 0 aliphatic rings. The van der Waals surface area contributed by atoms with E-state index in [-0.39, 0.29) is 11.3 Å². The van der Waals surface area contributed by atoms with Crippen LogP contribution in [0.15, 0.2) is 17.3 Å². The molecule has 0 atom stereocenters. The topological polar surface area (TPSA) is 41.8 Å². The van der Waals surface area contributed by atoms with E-state index in [0.29, 0.717) is 0 Å². The summed E-state index contributed by atoms with van der Waals surface area (Å²) in [5.74, 6) is -2.63. The third-order valence-electron chi connectivity index (χ3n) is 1.58. The summed E-state index contributed by atoms with van der Waals surface area (Å²) in [4.78, 5) is 0. The summed E-state index contributed by atoms with van der Waals surface area (Å²) in [6, 6.07) is 2.33. The monoisotopic (exact) mass is 221 g/mol. The fourth-order valence-corrected chi connectivity index (χ4v) is 1.05. The minimum atomic E-state index is -1.22. The molecule has 0 spiro atoms. The molecule has 0 saturated heterocycles. The van der Waals surface area contributed by atoms with E-state index in [4.69, 9.17) is 16.8 Å². The number of ether oxygens (including phenoxy) is 1. The van der Waals surface area contributed by atoms with Gasteiger partial charge >= 0.3 is 0 Å². The predicted octanol–water partition coefficient (Wildman–Crippen LogP) is 2.35. The van der Waals surface area contributed by atoms with Crippen LogP contribution in [0.25, 0.3) is 0 Å². The van der Waals surface area contributed by atoms with Gasteiger partial charge in [0.1, 0.15) is 0 Å². The summed E-state index contributed by atoms with van der Waals surface area (Å²) in [7, 11) is 1.21. The molecule has 0 heterocycles. The van der Waals surface area contributed by atoms with Gasteiger partial charge in [0.25, 0.3) is 0 Å². The van der Waals surface area contributed by atoms with Crippen LogP contribution in [0.3, 0.4) is 0 Å². The second-order valence-electron chi connectivity index (χ2n) is 2.33. The van der Waals surface area contributed by atoms with Crippen molar-refractivity contribution in [3.8, 4) is 5.75 Å². The van der Waals surface area contributed by atoms with Crippen LogP contribution in [0.4, 0.5) is 8.78 Å². The van der Waals surface area contributed by atoms with Gasteiger partial charge in [0.2, 0.25) is 5.82 Å². The molecule has 0 aliphatic carbocycles. The van der Waals surface area contributed by atoms with Crippen molar-refractivity contribution in [2.45, 2.75) is 0 Å². The van der Waals surface area contributed by atoms with Crippen molar-refractivity contribution in [2.75, 3.05) is 7.11 Å². The second kappa shape index (κ2) is 4.23. The van der Waals surface area contributed by atoms with Crippen LogP contribution in [-0.4, -0.2) is 17.5 Å². The Balaban J connectivity index is 3.31. The molecule has 76 valence electrons. The van der Waals surface area contributed by atoms with Crippen molar-refractivity contribution in [3.05, 3.63) is 29.3 Å². The molecule has 1 aromatic rings. The van der Waals surface area contributed by atoms with E-state index < -0.39 is 16.8 Å². The zero-order chi connectivity index (χ0) is 10.7. The number of oxime groups is 1. The molecule has 0 bridgehead atoms. The van der Waals surface area contributed by atoms with Crippen molar-refractivity contribution < 1.29 is 18.7 Å². The molecule has 0 saturated carbocycles. The zero-order valence-corrected chi connectivity index (χ0v) is 7.85. The number of hydrogen-bond donors (Lipinski definition) is 1. The molecule has 1 aromatic carbocycles. The Bertz CT molecular complexity index is 382. The lowest BCUT2D eigenvalue weighted by Crippen LogP contribution is -2.01. The van der Waals surface area contributed by atoms with Gasteiger partial charge in [0.15, 0.2) is 16.7 Å². The molecule has 0 aliphatic heterocycles. The molecular weight excluding hydrogens is 216 g/mol. The average molecular weight is 222 g/mol. The van der Waals surface area contributed by atoms with E-state index >= 15 is 0 Å². The Morgan fingerprint density at radius 2 is 2.07 bits per heavy atom. The number of benzene rings is 1. The van der Waals surface area contributed by atoms with Crippen LogP contribution in [0.1, 0.15) is 5.56 Å². The quantitative estimate of drug-likeness (QED) is 0.473. The molecule has 14 heavy (non-hydrogen) atoms. The highest BCUT2D eigenvalue weighted by Gasteiger charge is 2.16. The van der Waals surface area contributed by atoms with Gasteiger partial charge in [-0.1, -0.05) is 16.8 Å². The van der Waals surface area contributed by atoms with E-state index in [1.54, 1.807) is 0 Å². The van der Waals surface area contributed by atoms with Crippen LogP contribution in [0, 0.1) is 11.6 Å². The van der Waals surface area contributed by atoms with Crippen LogP contribution < -0.4 is 4.74 Å². The smallest absolute Gasteiger partial charge is 0.201 e. The summed E-state index contributed by atoms with van der Waals surface area (Å²) >= 11 is 5.32. The van der Waals surface area contributed by atoms with E-state index in [1.165, 1.54) is 13.2 Å². The summed E-state index contributed by atoms with van der Waals surface area (Å²) in [6.45, 7) is 0. The van der Waals surface area contributed by atoms with Crippen molar-refractivity contribution in [3.63, 3.8) is 0 Å². The number of hydrogen-bond acceptors (Lipinski definition) is 3. The van der Waals surface area contributed by atoms with Gasteiger partial charge in [-0.05, 0) is 12.1 Å². The highest BCUT2D eigenvalue weighted by Crippen LogP contribution is 2.23. The van der Waals surface area contributed by atoms with Crippen LogP contribution in [0.5, 0.6) is 5.75 Å². The first-order valence-electron chi connectivity index (χ1n) is 3.51. The minimum absolute atomic E-state index is 0.242. The van der Waals surface area contributed by atoms with Gasteiger partial charge in [0, 0.05) is 0 Å². The fourth-order valence-electron chi connectivity index (χ4n) is 0.903. The molecule has 0 amide bonds. The Kier molecular flexibility index (Phi) is 3.24. The standard InChI is InChI=1S/C8H6ClF2NO2/c1-14-5-3-2-4(8(9)12-13)6(10)7(5)11/h2-3,13H,1H3. The van der Waals surface area contributed by atoms with Gasteiger partial charge in [-0.2, -0.15) is 4.39 Å². The second-order valence-corrected chi connectivity index (χ2v) is 2.69. The highest BCUT2D eigenvalue weighted by molar-refractivity contribution is 6.69. The molecule has 3 nitrogen and oxygen atoms in total. The van der Waals surface area contributed by atoms with Crippen LogP contribution in [0.2, 0.25) is 0 Å². The Morgan fingerprint density at radius 3 is 2.57 bits per heavy atom. The normalized spacial score (nSPS) is 11.6. The first-order valence-corrected chi connectivity index (χ1v) is 3.89. The molecule has 0 aromatic heterocycles. The molecule has 1 N–H and O–H groups in total. The molecule has 0 unspecified atom stereocenters. The third kappa shape index (κ3) is 1.77. The lowest BCUT2D eigenvalue weighted by molar-refractivity contribution is 0.320. The van der Waals surface area contributed by atoms with Gasteiger partial charge in [0.05, 0.1) is 12.7 Å². The van der Waals surface area contributed by atoms with E-state index in [0.717, 1.165) is 6.07 Å². The van der Waals surface area contributed by atoms with Crippen LogP contribution >= 0.6 is 11.6 Å². The van der Waals surface area contributed by atoms with Gasteiger partial charge in [-0.15, -0.1) is 0 Å². The number of halogens is 3. The average Bonchev–Trinajstić information content (AvgIpc) is 2.21. The zero-order valence-electron chi connectivity index (χ0n) is 7.09. The summed E-state index contributed by atoms with van der Waals surface area (Å²) in [6.07, 6.45) is 0. The lowest BCUT2D eigenvalue weighted by atomic mass is 10.2. The van der Waals surface area contributed by atoms with Crippen molar-refractivity contribution in [2.24, 2.45) is 5.16 Å². The maximum Gasteiger partial charge on any atom is 0.201 e. The molecule has 6 heteroatoms. The van der Waals surface area contributed by atoms with E-state index in [1.807, 2.05) is 0 Å². The first-order chi connectivity index (χ1) is 6.61.